The summed E-state index contributed by atoms with van der Waals surface area (Å²) in [5.74, 6) is -0.0414. The molecule has 0 aliphatic heterocycles. The van der Waals surface area contributed by atoms with E-state index in [1.54, 1.807) is 37.2 Å². The second kappa shape index (κ2) is 8.49. The van der Waals surface area contributed by atoms with Crippen molar-refractivity contribution in [2.24, 2.45) is 0 Å². The fraction of sp³-hybridized carbons (Fsp3) is 0.533. The fourth-order valence-electron chi connectivity index (χ4n) is 1.71. The van der Waals surface area contributed by atoms with Crippen molar-refractivity contribution in [1.82, 2.24) is 9.80 Å². The van der Waals surface area contributed by atoms with E-state index in [0.717, 1.165) is 12.2 Å². The van der Waals surface area contributed by atoms with Crippen molar-refractivity contribution in [2.45, 2.75) is 0 Å². The second-order valence-corrected chi connectivity index (χ2v) is 5.34. The molecule has 6 heteroatoms. The lowest BCUT2D eigenvalue weighted by atomic mass is 10.1. The van der Waals surface area contributed by atoms with E-state index < -0.39 is 0 Å². The molecule has 1 rings (SSSR count). The highest BCUT2D eigenvalue weighted by atomic mass is 16.5. The highest BCUT2D eigenvalue weighted by Crippen LogP contribution is 2.20. The van der Waals surface area contributed by atoms with Gasteiger partial charge in [-0.05, 0) is 32.3 Å². The van der Waals surface area contributed by atoms with Gasteiger partial charge in [0.2, 0.25) is 0 Å². The maximum atomic E-state index is 11.9. The first-order valence-electron chi connectivity index (χ1n) is 6.99. The highest BCUT2D eigenvalue weighted by Gasteiger charge is 2.09. The first kappa shape index (κ1) is 17.3. The van der Waals surface area contributed by atoms with Crippen molar-refractivity contribution in [3.63, 3.8) is 0 Å². The van der Waals surface area contributed by atoms with Crippen LogP contribution in [0.1, 0.15) is 10.4 Å². The Bertz CT molecular complexity index is 461. The molecule has 1 amide bonds. The van der Waals surface area contributed by atoms with Gasteiger partial charge in [-0.15, -0.1) is 0 Å². The summed E-state index contributed by atoms with van der Waals surface area (Å²) in [5.41, 5.74) is 7.91. The van der Waals surface area contributed by atoms with Crippen LogP contribution < -0.4 is 11.1 Å². The van der Waals surface area contributed by atoms with Crippen molar-refractivity contribution in [3.8, 4) is 0 Å². The number of hydrogen-bond acceptors (Lipinski definition) is 5. The molecular weight excluding hydrogens is 268 g/mol. The topological polar surface area (TPSA) is 70.8 Å². The Morgan fingerprint density at radius 2 is 1.95 bits per heavy atom. The summed E-state index contributed by atoms with van der Waals surface area (Å²) in [6, 6.07) is 5.25. The van der Waals surface area contributed by atoms with Crippen molar-refractivity contribution in [1.29, 1.82) is 0 Å². The zero-order chi connectivity index (χ0) is 15.8. The molecule has 0 unspecified atom stereocenters. The van der Waals surface area contributed by atoms with Crippen LogP contribution in [0, 0.1) is 0 Å². The standard InChI is InChI=1S/C15H26N4O2/c1-18(2)8-10-21-9-7-17-14-11-12(5-6-13(14)16)15(20)19(3)4/h5-6,11,17H,7-10,16H2,1-4H3. The van der Waals surface area contributed by atoms with Crippen LogP contribution in [0.25, 0.3) is 0 Å². The van der Waals surface area contributed by atoms with Crippen LogP contribution in [0.3, 0.4) is 0 Å². The number of rotatable bonds is 8. The number of carbonyl (C=O) groups is 1. The zero-order valence-electron chi connectivity index (χ0n) is 13.3. The third-order valence-electron chi connectivity index (χ3n) is 2.95. The number of nitrogens with zero attached hydrogens (tertiary/aromatic N) is 2. The minimum atomic E-state index is -0.0414. The average Bonchev–Trinajstić information content (AvgIpc) is 2.43. The number of likely N-dealkylation sites (N-methyl/N-ethyl adjacent to an activating group) is 1. The first-order valence-corrected chi connectivity index (χ1v) is 6.99. The number of nitrogens with two attached hydrogens (primary N) is 1. The van der Waals surface area contributed by atoms with Crippen LogP contribution in [0.15, 0.2) is 18.2 Å². The summed E-state index contributed by atoms with van der Waals surface area (Å²) in [5, 5.41) is 3.20. The molecule has 0 aliphatic rings. The summed E-state index contributed by atoms with van der Waals surface area (Å²) >= 11 is 0. The van der Waals surface area contributed by atoms with E-state index in [4.69, 9.17) is 10.5 Å². The number of nitrogens with one attached hydrogen (secondary N) is 1. The molecule has 0 radical (unpaired) electrons. The van der Waals surface area contributed by atoms with Crippen molar-refractivity contribution >= 4 is 17.3 Å². The van der Waals surface area contributed by atoms with Gasteiger partial charge in [0, 0.05) is 32.7 Å². The minimum Gasteiger partial charge on any atom is -0.397 e. The summed E-state index contributed by atoms with van der Waals surface area (Å²) in [4.78, 5) is 15.5. The van der Waals surface area contributed by atoms with Gasteiger partial charge in [-0.25, -0.2) is 0 Å². The molecule has 21 heavy (non-hydrogen) atoms. The molecule has 0 fully saturated rings. The van der Waals surface area contributed by atoms with Gasteiger partial charge < -0.3 is 25.6 Å². The molecular formula is C15H26N4O2. The molecule has 0 saturated heterocycles. The Morgan fingerprint density at radius 1 is 1.24 bits per heavy atom. The van der Waals surface area contributed by atoms with Gasteiger partial charge in [0.15, 0.2) is 0 Å². The maximum Gasteiger partial charge on any atom is 0.253 e. The molecule has 0 aromatic heterocycles. The van der Waals surface area contributed by atoms with E-state index in [1.807, 2.05) is 14.1 Å². The molecule has 0 heterocycles. The Kier molecular flexibility index (Phi) is 6.98. The largest absolute Gasteiger partial charge is 0.397 e. The lowest BCUT2D eigenvalue weighted by Crippen LogP contribution is -2.22. The number of benzene rings is 1. The predicted octanol–water partition coefficient (Wildman–Crippen LogP) is 0.961. The lowest BCUT2D eigenvalue weighted by molar-refractivity contribution is 0.0827. The van der Waals surface area contributed by atoms with E-state index in [9.17, 15) is 4.79 Å². The molecule has 0 aliphatic carbocycles. The average molecular weight is 294 g/mol. The van der Waals surface area contributed by atoms with E-state index >= 15 is 0 Å². The normalized spacial score (nSPS) is 10.7. The van der Waals surface area contributed by atoms with Crippen molar-refractivity contribution in [2.75, 3.05) is 65.5 Å². The third kappa shape index (κ3) is 6.01. The molecule has 0 atom stereocenters. The fourth-order valence-corrected chi connectivity index (χ4v) is 1.71. The lowest BCUT2D eigenvalue weighted by Gasteiger charge is -2.14. The molecule has 6 nitrogen and oxygen atoms in total. The van der Waals surface area contributed by atoms with E-state index in [0.29, 0.717) is 31.0 Å². The Morgan fingerprint density at radius 3 is 2.57 bits per heavy atom. The van der Waals surface area contributed by atoms with Crippen LogP contribution in [0.5, 0.6) is 0 Å². The number of hydrogen-bond donors (Lipinski definition) is 2. The zero-order valence-corrected chi connectivity index (χ0v) is 13.3. The van der Waals surface area contributed by atoms with Crippen LogP contribution >= 0.6 is 0 Å². The van der Waals surface area contributed by atoms with Crippen molar-refractivity contribution < 1.29 is 9.53 Å². The maximum absolute atomic E-state index is 11.9. The number of ether oxygens (including phenoxy) is 1. The smallest absolute Gasteiger partial charge is 0.253 e. The number of amides is 1. The predicted molar refractivity (Wildman–Crippen MR) is 86.7 cm³/mol. The van der Waals surface area contributed by atoms with Crippen LogP contribution in [-0.2, 0) is 4.74 Å². The summed E-state index contributed by atoms with van der Waals surface area (Å²) in [6.07, 6.45) is 0. The SMILES string of the molecule is CN(C)CCOCCNc1cc(C(=O)N(C)C)ccc1N. The summed E-state index contributed by atoms with van der Waals surface area (Å²) in [7, 11) is 7.47. The first-order chi connectivity index (χ1) is 9.91. The quantitative estimate of drug-likeness (QED) is 0.552. The van der Waals surface area contributed by atoms with Crippen molar-refractivity contribution in [3.05, 3.63) is 23.8 Å². The van der Waals surface area contributed by atoms with E-state index in [-0.39, 0.29) is 5.91 Å². The van der Waals surface area contributed by atoms with E-state index in [1.165, 1.54) is 0 Å². The highest BCUT2D eigenvalue weighted by molar-refractivity contribution is 5.95. The van der Waals surface area contributed by atoms with Gasteiger partial charge in [-0.2, -0.15) is 0 Å². The molecule has 1 aromatic rings. The van der Waals surface area contributed by atoms with Gasteiger partial charge >= 0.3 is 0 Å². The Balaban J connectivity index is 2.47. The number of anilines is 2. The monoisotopic (exact) mass is 294 g/mol. The Labute approximate surface area is 126 Å². The van der Waals surface area contributed by atoms with Gasteiger partial charge in [0.25, 0.3) is 5.91 Å². The van der Waals surface area contributed by atoms with Crippen LogP contribution in [-0.4, -0.2) is 70.2 Å². The van der Waals surface area contributed by atoms with Crippen LogP contribution in [0.2, 0.25) is 0 Å². The van der Waals surface area contributed by atoms with E-state index in [2.05, 4.69) is 10.2 Å². The van der Waals surface area contributed by atoms with Gasteiger partial charge in [-0.3, -0.25) is 4.79 Å². The number of nitrogen functional groups attached to an aromatic ring is 1. The van der Waals surface area contributed by atoms with Crippen LogP contribution in [0.4, 0.5) is 11.4 Å². The molecule has 0 spiro atoms. The molecule has 1 aromatic carbocycles. The summed E-state index contributed by atoms with van der Waals surface area (Å²) < 4.78 is 5.50. The number of carbonyl (C=O) groups excluding carboxylic acids is 1. The second-order valence-electron chi connectivity index (χ2n) is 5.34. The molecule has 3 N–H and O–H groups in total. The Hall–Kier alpha value is -1.79. The van der Waals surface area contributed by atoms with Gasteiger partial charge in [0.05, 0.1) is 24.6 Å². The third-order valence-corrected chi connectivity index (χ3v) is 2.95. The molecule has 118 valence electrons. The summed E-state index contributed by atoms with van der Waals surface area (Å²) in [6.45, 7) is 2.84. The van der Waals surface area contributed by atoms with Gasteiger partial charge in [0.1, 0.15) is 0 Å². The molecule has 0 saturated carbocycles. The minimum absolute atomic E-state index is 0.0414. The van der Waals surface area contributed by atoms with Gasteiger partial charge in [-0.1, -0.05) is 0 Å². The molecule has 0 bridgehead atoms.